The third-order valence-corrected chi connectivity index (χ3v) is 4.43. The van der Waals surface area contributed by atoms with Gasteiger partial charge in [-0.1, -0.05) is 61.1 Å². The summed E-state index contributed by atoms with van der Waals surface area (Å²) in [7, 11) is -1.23. The van der Waals surface area contributed by atoms with Gasteiger partial charge in [0.1, 0.15) is 11.0 Å². The van der Waals surface area contributed by atoms with Gasteiger partial charge in [0.05, 0.1) is 10.9 Å². The number of hydrogen-bond donors (Lipinski definition) is 1. The summed E-state index contributed by atoms with van der Waals surface area (Å²) in [5.41, 5.74) is 2.14. The van der Waals surface area contributed by atoms with E-state index in [0.29, 0.717) is 0 Å². The van der Waals surface area contributed by atoms with E-state index in [-0.39, 0.29) is 6.04 Å². The first-order valence-electron chi connectivity index (χ1n) is 7.50. The maximum absolute atomic E-state index is 12.4. The molecule has 1 N–H and O–H groups in total. The van der Waals surface area contributed by atoms with Crippen molar-refractivity contribution in [3.8, 4) is 11.8 Å². The van der Waals surface area contributed by atoms with E-state index in [1.807, 2.05) is 61.5 Å². The minimum absolute atomic E-state index is 0.0765. The second-order valence-electron chi connectivity index (χ2n) is 5.18. The molecule has 2 nitrogen and oxygen atoms in total. The zero-order chi connectivity index (χ0) is 15.8. The van der Waals surface area contributed by atoms with Crippen molar-refractivity contribution in [3.05, 3.63) is 65.7 Å². The summed E-state index contributed by atoms with van der Waals surface area (Å²) >= 11 is 0. The maximum atomic E-state index is 12.4. The van der Waals surface area contributed by atoms with Gasteiger partial charge in [-0.15, -0.1) is 0 Å². The molecule has 2 aromatic rings. The van der Waals surface area contributed by atoms with Crippen molar-refractivity contribution in [2.24, 2.45) is 0 Å². The Morgan fingerprint density at radius 2 is 1.77 bits per heavy atom. The van der Waals surface area contributed by atoms with Gasteiger partial charge in [-0.25, -0.2) is 8.93 Å². The lowest BCUT2D eigenvalue weighted by atomic mass is 10.1. The highest BCUT2D eigenvalue weighted by molar-refractivity contribution is 7.83. The smallest absolute Gasteiger partial charge is 0.126 e. The maximum Gasteiger partial charge on any atom is 0.126 e. The molecule has 114 valence electrons. The molecule has 22 heavy (non-hydrogen) atoms. The van der Waals surface area contributed by atoms with Crippen LogP contribution in [-0.4, -0.2) is 10.3 Å². The van der Waals surface area contributed by atoms with Gasteiger partial charge in [-0.3, -0.25) is 0 Å². The molecule has 0 aliphatic heterocycles. The highest BCUT2D eigenvalue weighted by Crippen LogP contribution is 2.08. The molecule has 2 rings (SSSR count). The van der Waals surface area contributed by atoms with Crippen LogP contribution >= 0.6 is 0 Å². The zero-order valence-electron chi connectivity index (χ0n) is 13.0. The van der Waals surface area contributed by atoms with Crippen molar-refractivity contribution in [2.45, 2.75) is 37.6 Å². The quantitative estimate of drug-likeness (QED) is 0.836. The van der Waals surface area contributed by atoms with E-state index >= 15 is 0 Å². The first-order valence-corrected chi connectivity index (χ1v) is 8.65. The van der Waals surface area contributed by atoms with E-state index in [0.717, 1.165) is 28.9 Å². The molecular formula is C19H21NOS. The molecule has 0 aliphatic rings. The van der Waals surface area contributed by atoms with Gasteiger partial charge >= 0.3 is 0 Å². The van der Waals surface area contributed by atoms with E-state index in [9.17, 15) is 4.21 Å². The first kappa shape index (κ1) is 16.5. The largest absolute Gasteiger partial charge is 0.237 e. The molecule has 0 aliphatic carbocycles. The summed E-state index contributed by atoms with van der Waals surface area (Å²) in [5.74, 6) is 6.34. The molecule has 0 heterocycles. The highest BCUT2D eigenvalue weighted by Gasteiger charge is 2.09. The van der Waals surface area contributed by atoms with Crippen LogP contribution < -0.4 is 4.72 Å². The Morgan fingerprint density at radius 3 is 2.41 bits per heavy atom. The number of rotatable bonds is 5. The Labute approximate surface area is 135 Å². The van der Waals surface area contributed by atoms with Crippen molar-refractivity contribution in [2.75, 3.05) is 0 Å². The summed E-state index contributed by atoms with van der Waals surface area (Å²) in [6.07, 6.45) is 1.86. The van der Waals surface area contributed by atoms with E-state index in [1.165, 1.54) is 0 Å². The lowest BCUT2D eigenvalue weighted by Gasteiger charge is -2.11. The third kappa shape index (κ3) is 5.14. The molecule has 2 atom stereocenters. The number of benzene rings is 2. The van der Waals surface area contributed by atoms with Gasteiger partial charge in [0.2, 0.25) is 0 Å². The Kier molecular flexibility index (Phi) is 6.39. The van der Waals surface area contributed by atoms with E-state index in [2.05, 4.69) is 23.5 Å². The molecule has 0 spiro atoms. The lowest BCUT2D eigenvalue weighted by Crippen LogP contribution is -2.29. The monoisotopic (exact) mass is 311 g/mol. The van der Waals surface area contributed by atoms with Crippen molar-refractivity contribution >= 4 is 11.0 Å². The highest BCUT2D eigenvalue weighted by atomic mass is 32.2. The van der Waals surface area contributed by atoms with Gasteiger partial charge in [0, 0.05) is 5.56 Å². The van der Waals surface area contributed by atoms with Crippen molar-refractivity contribution in [1.82, 2.24) is 4.72 Å². The molecular weight excluding hydrogens is 290 g/mol. The van der Waals surface area contributed by atoms with Crippen molar-refractivity contribution in [3.63, 3.8) is 0 Å². The van der Waals surface area contributed by atoms with Gasteiger partial charge < -0.3 is 0 Å². The fraction of sp³-hybridized carbons (Fsp3) is 0.263. The lowest BCUT2D eigenvalue weighted by molar-refractivity contribution is 0.637. The second kappa shape index (κ2) is 8.53. The number of nitrogens with one attached hydrogen (secondary N) is 1. The van der Waals surface area contributed by atoms with E-state index in [1.54, 1.807) is 0 Å². The van der Waals surface area contributed by atoms with Crippen LogP contribution in [0.1, 0.15) is 30.9 Å². The molecule has 0 radical (unpaired) electrons. The Bertz CT molecular complexity index is 668. The number of aryl methyl sites for hydroxylation is 1. The fourth-order valence-electron chi connectivity index (χ4n) is 2.00. The Morgan fingerprint density at radius 1 is 1.09 bits per heavy atom. The second-order valence-corrected chi connectivity index (χ2v) is 6.42. The predicted molar refractivity (Wildman–Crippen MR) is 92.7 cm³/mol. The summed E-state index contributed by atoms with van der Waals surface area (Å²) in [4.78, 5) is 0.785. The molecule has 0 amide bonds. The normalized spacial score (nSPS) is 13.0. The van der Waals surface area contributed by atoms with Crippen LogP contribution in [0, 0.1) is 18.8 Å². The Hall–Kier alpha value is -1.89. The Balaban J connectivity index is 2.07. The molecule has 0 aromatic heterocycles. The van der Waals surface area contributed by atoms with Crippen LogP contribution in [-0.2, 0) is 11.0 Å². The van der Waals surface area contributed by atoms with Crippen LogP contribution in [0.25, 0.3) is 0 Å². The molecule has 0 saturated carbocycles. The average molecular weight is 311 g/mol. The van der Waals surface area contributed by atoms with Gasteiger partial charge in [-0.05, 0) is 37.6 Å². The molecule has 0 saturated heterocycles. The molecule has 3 heteroatoms. The van der Waals surface area contributed by atoms with Gasteiger partial charge in [-0.2, -0.15) is 0 Å². The van der Waals surface area contributed by atoms with E-state index in [4.69, 9.17) is 0 Å². The summed E-state index contributed by atoms with van der Waals surface area (Å²) in [6, 6.07) is 17.5. The predicted octanol–water partition coefficient (Wildman–Crippen LogP) is 3.83. The first-order chi connectivity index (χ1) is 10.7. The van der Waals surface area contributed by atoms with Gasteiger partial charge in [0.15, 0.2) is 0 Å². The SMILES string of the molecule is CCC[C@H](C#Cc1ccccc1)NS(=O)c1ccc(C)cc1. The van der Waals surface area contributed by atoms with Crippen LogP contribution in [0.5, 0.6) is 0 Å². The summed E-state index contributed by atoms with van der Waals surface area (Å²) < 4.78 is 15.5. The zero-order valence-corrected chi connectivity index (χ0v) is 13.8. The van der Waals surface area contributed by atoms with Crippen molar-refractivity contribution in [1.29, 1.82) is 0 Å². The van der Waals surface area contributed by atoms with E-state index < -0.39 is 11.0 Å². The summed E-state index contributed by atoms with van der Waals surface area (Å²) in [6.45, 7) is 4.12. The fourth-order valence-corrected chi connectivity index (χ4v) is 2.95. The molecule has 2 aromatic carbocycles. The van der Waals surface area contributed by atoms with Crippen LogP contribution in [0.2, 0.25) is 0 Å². The topological polar surface area (TPSA) is 29.1 Å². The van der Waals surface area contributed by atoms with Crippen molar-refractivity contribution < 1.29 is 4.21 Å². The minimum atomic E-state index is -1.23. The third-order valence-electron chi connectivity index (χ3n) is 3.23. The molecule has 1 unspecified atom stereocenters. The molecule has 0 fully saturated rings. The molecule has 0 bridgehead atoms. The van der Waals surface area contributed by atoms with Crippen LogP contribution in [0.4, 0.5) is 0 Å². The minimum Gasteiger partial charge on any atom is -0.237 e. The van der Waals surface area contributed by atoms with Crippen LogP contribution in [0.15, 0.2) is 59.5 Å². The average Bonchev–Trinajstić information content (AvgIpc) is 2.54. The number of hydrogen-bond acceptors (Lipinski definition) is 1. The van der Waals surface area contributed by atoms with Crippen LogP contribution in [0.3, 0.4) is 0 Å². The summed E-state index contributed by atoms with van der Waals surface area (Å²) in [5, 5.41) is 0. The van der Waals surface area contributed by atoms with Gasteiger partial charge in [0.25, 0.3) is 0 Å². The standard InChI is InChI=1S/C19H21NOS/c1-3-7-18(13-12-17-8-5-4-6-9-17)20-22(21)19-14-10-16(2)11-15-19/h4-6,8-11,14-15,18,20H,3,7H2,1-2H3/t18-,22?/m1/s1.